The van der Waals surface area contributed by atoms with Crippen LogP contribution in [-0.2, 0) is 14.8 Å². The lowest BCUT2D eigenvalue weighted by Gasteiger charge is -2.46. The number of aliphatic carboxylic acids is 1. The van der Waals surface area contributed by atoms with Gasteiger partial charge in [-0.05, 0) is 49.8 Å². The highest BCUT2D eigenvalue weighted by Gasteiger charge is 2.43. The summed E-state index contributed by atoms with van der Waals surface area (Å²) >= 11 is 0. The molecule has 0 heterocycles. The van der Waals surface area contributed by atoms with E-state index in [0.29, 0.717) is 18.7 Å². The SMILES string of the molecule is CCCC1(C(O)c2ccc(N(NCCCCCCC(=O)O)S(C)(=O)=O)cc2)CCC1. The van der Waals surface area contributed by atoms with Crippen LogP contribution >= 0.6 is 0 Å². The van der Waals surface area contributed by atoms with Gasteiger partial charge in [-0.1, -0.05) is 44.7 Å². The van der Waals surface area contributed by atoms with E-state index in [1.54, 1.807) is 12.1 Å². The van der Waals surface area contributed by atoms with Crippen molar-refractivity contribution in [3.8, 4) is 0 Å². The number of aliphatic hydroxyl groups excluding tert-OH is 1. The van der Waals surface area contributed by atoms with E-state index < -0.39 is 22.1 Å². The fourth-order valence-electron chi connectivity index (χ4n) is 4.27. The Kier molecular flexibility index (Phi) is 9.12. The van der Waals surface area contributed by atoms with Gasteiger partial charge in [0, 0.05) is 18.4 Å². The van der Waals surface area contributed by atoms with Gasteiger partial charge >= 0.3 is 5.97 Å². The normalized spacial score (nSPS) is 16.6. The Morgan fingerprint density at radius 2 is 1.80 bits per heavy atom. The maximum Gasteiger partial charge on any atom is 0.303 e. The highest BCUT2D eigenvalue weighted by molar-refractivity contribution is 7.92. The summed E-state index contributed by atoms with van der Waals surface area (Å²) in [5, 5.41) is 19.6. The molecule has 1 aromatic carbocycles. The summed E-state index contributed by atoms with van der Waals surface area (Å²) in [6, 6.07) is 7.11. The third-order valence-corrected chi connectivity index (χ3v) is 7.03. The molecule has 170 valence electrons. The van der Waals surface area contributed by atoms with E-state index in [4.69, 9.17) is 5.11 Å². The van der Waals surface area contributed by atoms with Gasteiger partial charge in [-0.25, -0.2) is 18.3 Å². The molecule has 7 nitrogen and oxygen atoms in total. The van der Waals surface area contributed by atoms with E-state index in [2.05, 4.69) is 12.3 Å². The zero-order valence-electron chi connectivity index (χ0n) is 18.1. The number of aliphatic hydroxyl groups is 1. The molecular formula is C22H36N2O5S. The molecule has 3 N–H and O–H groups in total. The average Bonchev–Trinajstić information content (AvgIpc) is 2.65. The quantitative estimate of drug-likeness (QED) is 0.298. The Morgan fingerprint density at radius 3 is 2.30 bits per heavy atom. The van der Waals surface area contributed by atoms with Crippen LogP contribution in [0.4, 0.5) is 5.69 Å². The van der Waals surface area contributed by atoms with Crippen LogP contribution in [-0.4, -0.2) is 37.4 Å². The van der Waals surface area contributed by atoms with Crippen molar-refractivity contribution >= 4 is 21.7 Å². The fraction of sp³-hybridized carbons (Fsp3) is 0.682. The second kappa shape index (κ2) is 11.1. The summed E-state index contributed by atoms with van der Waals surface area (Å²) in [5.41, 5.74) is 4.27. The number of hydrogen-bond donors (Lipinski definition) is 3. The molecule has 0 bridgehead atoms. The molecule has 0 aromatic heterocycles. The summed E-state index contributed by atoms with van der Waals surface area (Å²) in [7, 11) is -3.51. The summed E-state index contributed by atoms with van der Waals surface area (Å²) in [4.78, 5) is 10.5. The number of hydrazine groups is 1. The van der Waals surface area contributed by atoms with Crippen molar-refractivity contribution in [2.75, 3.05) is 17.2 Å². The van der Waals surface area contributed by atoms with E-state index in [1.807, 2.05) is 12.1 Å². The second-order valence-corrected chi connectivity index (χ2v) is 10.3. The third-order valence-electron chi connectivity index (χ3n) is 6.03. The molecule has 8 heteroatoms. The number of nitrogens with one attached hydrogen (secondary N) is 1. The number of benzene rings is 1. The van der Waals surface area contributed by atoms with Crippen LogP contribution in [0.1, 0.15) is 82.8 Å². The van der Waals surface area contributed by atoms with Crippen LogP contribution in [0.5, 0.6) is 0 Å². The first-order chi connectivity index (χ1) is 14.2. The highest BCUT2D eigenvalue weighted by atomic mass is 32.2. The minimum Gasteiger partial charge on any atom is -0.481 e. The van der Waals surface area contributed by atoms with E-state index >= 15 is 0 Å². The van der Waals surface area contributed by atoms with E-state index in [-0.39, 0.29) is 11.8 Å². The molecule has 1 fully saturated rings. The molecule has 0 radical (unpaired) electrons. The van der Waals surface area contributed by atoms with Gasteiger partial charge in [0.15, 0.2) is 0 Å². The standard InChI is InChI=1S/C22H36N2O5S/c1-3-14-22(15-8-16-22)21(27)18-10-12-19(13-11-18)24(30(2,28)29)23-17-7-5-4-6-9-20(25)26/h10-13,21,23,27H,3-9,14-17H2,1-2H3,(H,25,26). The Balaban J connectivity index is 1.95. The number of carbonyl (C=O) groups is 1. The summed E-state index contributed by atoms with van der Waals surface area (Å²) in [6.07, 6.45) is 9.08. The maximum absolute atomic E-state index is 12.2. The molecule has 1 aromatic rings. The number of rotatable bonds is 14. The molecule has 0 aliphatic heterocycles. The molecule has 1 saturated carbocycles. The number of unbranched alkanes of at least 4 members (excludes halogenated alkanes) is 3. The lowest BCUT2D eigenvalue weighted by molar-refractivity contribution is -0.137. The van der Waals surface area contributed by atoms with Gasteiger partial charge in [0.05, 0.1) is 18.0 Å². The highest BCUT2D eigenvalue weighted by Crippen LogP contribution is 2.53. The molecule has 1 atom stereocenters. The summed E-state index contributed by atoms with van der Waals surface area (Å²) in [6.45, 7) is 2.61. The van der Waals surface area contributed by atoms with Gasteiger partial charge in [0.1, 0.15) is 0 Å². The molecule has 30 heavy (non-hydrogen) atoms. The Hall–Kier alpha value is -1.64. The molecule has 1 aliphatic carbocycles. The molecule has 1 aliphatic rings. The van der Waals surface area contributed by atoms with Crippen LogP contribution < -0.4 is 9.84 Å². The van der Waals surface area contributed by atoms with E-state index in [1.165, 1.54) is 4.41 Å². The predicted octanol–water partition coefficient (Wildman–Crippen LogP) is 4.00. The van der Waals surface area contributed by atoms with Crippen LogP contribution in [0.15, 0.2) is 24.3 Å². The Morgan fingerprint density at radius 1 is 1.17 bits per heavy atom. The van der Waals surface area contributed by atoms with Crippen LogP contribution in [0.2, 0.25) is 0 Å². The molecule has 0 spiro atoms. The summed E-state index contributed by atoms with van der Waals surface area (Å²) < 4.78 is 25.7. The van der Waals surface area contributed by atoms with Crippen molar-refractivity contribution in [2.24, 2.45) is 5.41 Å². The Labute approximate surface area is 180 Å². The van der Waals surface area contributed by atoms with Gasteiger partial charge in [0.2, 0.25) is 10.0 Å². The lowest BCUT2D eigenvalue weighted by atomic mass is 9.61. The first kappa shape index (κ1) is 24.6. The van der Waals surface area contributed by atoms with Crippen molar-refractivity contribution in [3.05, 3.63) is 29.8 Å². The smallest absolute Gasteiger partial charge is 0.303 e. The van der Waals surface area contributed by atoms with Crippen LogP contribution in [0.3, 0.4) is 0 Å². The van der Waals surface area contributed by atoms with Gasteiger partial charge in [-0.2, -0.15) is 0 Å². The molecule has 1 unspecified atom stereocenters. The monoisotopic (exact) mass is 440 g/mol. The van der Waals surface area contributed by atoms with Gasteiger partial charge < -0.3 is 10.2 Å². The Bertz CT molecular complexity index is 775. The number of nitrogens with zero attached hydrogens (tertiary/aromatic N) is 1. The average molecular weight is 441 g/mol. The molecule has 0 amide bonds. The predicted molar refractivity (Wildman–Crippen MR) is 119 cm³/mol. The number of sulfonamides is 1. The fourth-order valence-corrected chi connectivity index (χ4v) is 5.10. The van der Waals surface area contributed by atoms with Crippen LogP contribution in [0.25, 0.3) is 0 Å². The number of anilines is 1. The zero-order valence-corrected chi connectivity index (χ0v) is 19.0. The number of carboxylic acid groups (broad SMARTS) is 1. The van der Waals surface area contributed by atoms with Crippen molar-refractivity contribution in [2.45, 2.75) is 77.2 Å². The van der Waals surface area contributed by atoms with Crippen molar-refractivity contribution in [1.82, 2.24) is 5.43 Å². The summed E-state index contributed by atoms with van der Waals surface area (Å²) in [5.74, 6) is -0.789. The lowest BCUT2D eigenvalue weighted by Crippen LogP contribution is -2.43. The largest absolute Gasteiger partial charge is 0.481 e. The van der Waals surface area contributed by atoms with Crippen molar-refractivity contribution < 1.29 is 23.4 Å². The van der Waals surface area contributed by atoms with Gasteiger partial charge in [0.25, 0.3) is 0 Å². The van der Waals surface area contributed by atoms with E-state index in [0.717, 1.165) is 63.2 Å². The minimum atomic E-state index is -3.51. The molecule has 0 saturated heterocycles. The molecular weight excluding hydrogens is 404 g/mol. The minimum absolute atomic E-state index is 0.0360. The second-order valence-electron chi connectivity index (χ2n) is 8.45. The van der Waals surface area contributed by atoms with Crippen molar-refractivity contribution in [1.29, 1.82) is 0 Å². The number of carboxylic acids is 1. The van der Waals surface area contributed by atoms with E-state index in [9.17, 15) is 18.3 Å². The zero-order chi connectivity index (χ0) is 22.2. The van der Waals surface area contributed by atoms with Gasteiger partial charge in [-0.15, -0.1) is 0 Å². The maximum atomic E-state index is 12.2. The van der Waals surface area contributed by atoms with Gasteiger partial charge in [-0.3, -0.25) is 4.79 Å². The van der Waals surface area contributed by atoms with Crippen LogP contribution in [0, 0.1) is 5.41 Å². The third kappa shape index (κ3) is 6.68. The number of hydrogen-bond acceptors (Lipinski definition) is 5. The van der Waals surface area contributed by atoms with Crippen molar-refractivity contribution in [3.63, 3.8) is 0 Å². The first-order valence-electron chi connectivity index (χ1n) is 10.9. The first-order valence-corrected chi connectivity index (χ1v) is 12.8. The molecule has 2 rings (SSSR count). The topological polar surface area (TPSA) is 107 Å².